The van der Waals surface area contributed by atoms with Crippen molar-refractivity contribution >= 4 is 5.82 Å². The predicted octanol–water partition coefficient (Wildman–Crippen LogP) is 2.10. The van der Waals surface area contributed by atoms with Crippen LogP contribution in [0.5, 0.6) is 0 Å². The molecule has 1 aliphatic rings. The van der Waals surface area contributed by atoms with Crippen LogP contribution < -0.4 is 5.32 Å². The van der Waals surface area contributed by atoms with Crippen molar-refractivity contribution < 1.29 is 9.13 Å². The molecule has 1 fully saturated rings. The van der Waals surface area contributed by atoms with Gasteiger partial charge in [0.1, 0.15) is 0 Å². The highest BCUT2D eigenvalue weighted by Crippen LogP contribution is 2.22. The van der Waals surface area contributed by atoms with Gasteiger partial charge < -0.3 is 10.1 Å². The van der Waals surface area contributed by atoms with E-state index in [0.717, 1.165) is 18.7 Å². The first-order valence-corrected chi connectivity index (χ1v) is 7.41. The monoisotopic (exact) mass is 302 g/mol. The highest BCUT2D eigenvalue weighted by molar-refractivity contribution is 5.36. The van der Waals surface area contributed by atoms with Crippen LogP contribution in [0.1, 0.15) is 11.6 Å². The highest BCUT2D eigenvalue weighted by atomic mass is 19.1. The lowest BCUT2D eigenvalue weighted by Gasteiger charge is -2.34. The fraction of sp³-hybridized carbons (Fsp3) is 0.375. The zero-order chi connectivity index (χ0) is 15.2. The summed E-state index contributed by atoms with van der Waals surface area (Å²) in [6.07, 6.45) is 5.20. The predicted molar refractivity (Wildman–Crippen MR) is 82.1 cm³/mol. The number of ether oxygens (including phenoxy) is 1. The molecule has 0 amide bonds. The Kier molecular flexibility index (Phi) is 4.92. The zero-order valence-corrected chi connectivity index (χ0v) is 12.3. The Balaban J connectivity index is 1.75. The summed E-state index contributed by atoms with van der Waals surface area (Å²) in [6.45, 7) is 3.71. The fourth-order valence-corrected chi connectivity index (χ4v) is 2.63. The summed E-state index contributed by atoms with van der Waals surface area (Å²) < 4.78 is 19.1. The maximum atomic E-state index is 13.7. The fourth-order valence-electron chi connectivity index (χ4n) is 2.63. The largest absolute Gasteiger partial charge is 0.379 e. The number of rotatable bonds is 5. The van der Waals surface area contributed by atoms with Gasteiger partial charge in [0.25, 0.3) is 0 Å². The Morgan fingerprint density at radius 2 is 2.05 bits per heavy atom. The first-order chi connectivity index (χ1) is 10.8. The summed E-state index contributed by atoms with van der Waals surface area (Å²) in [6, 6.07) is 7.07. The summed E-state index contributed by atoms with van der Waals surface area (Å²) in [4.78, 5) is 10.6. The van der Waals surface area contributed by atoms with E-state index in [-0.39, 0.29) is 17.7 Å². The van der Waals surface area contributed by atoms with Crippen molar-refractivity contribution in [1.82, 2.24) is 14.9 Å². The molecule has 1 atom stereocenters. The van der Waals surface area contributed by atoms with Crippen LogP contribution in [0.15, 0.2) is 42.9 Å². The Morgan fingerprint density at radius 1 is 1.23 bits per heavy atom. The van der Waals surface area contributed by atoms with Gasteiger partial charge in [-0.2, -0.15) is 0 Å². The van der Waals surface area contributed by atoms with Gasteiger partial charge in [-0.05, 0) is 23.8 Å². The molecule has 0 saturated carbocycles. The van der Waals surface area contributed by atoms with Gasteiger partial charge in [0.2, 0.25) is 0 Å². The van der Waals surface area contributed by atoms with Crippen molar-refractivity contribution in [3.05, 3.63) is 54.2 Å². The smallest absolute Gasteiger partial charge is 0.165 e. The number of nitrogens with one attached hydrogen (secondary N) is 1. The molecule has 3 heterocycles. The minimum atomic E-state index is -0.339. The molecule has 0 aromatic carbocycles. The molecule has 22 heavy (non-hydrogen) atoms. The van der Waals surface area contributed by atoms with Crippen molar-refractivity contribution in [2.75, 3.05) is 38.2 Å². The van der Waals surface area contributed by atoms with Gasteiger partial charge in [0.05, 0.1) is 19.3 Å². The molecule has 6 heteroatoms. The third-order valence-electron chi connectivity index (χ3n) is 3.78. The summed E-state index contributed by atoms with van der Waals surface area (Å²) >= 11 is 0. The minimum absolute atomic E-state index is 0.110. The number of halogens is 1. The third kappa shape index (κ3) is 3.58. The van der Waals surface area contributed by atoms with Gasteiger partial charge in [-0.15, -0.1) is 0 Å². The van der Waals surface area contributed by atoms with Crippen molar-refractivity contribution in [3.63, 3.8) is 0 Å². The van der Waals surface area contributed by atoms with E-state index < -0.39 is 0 Å². The Bertz CT molecular complexity index is 590. The van der Waals surface area contributed by atoms with Gasteiger partial charge in [-0.3, -0.25) is 9.88 Å². The summed E-state index contributed by atoms with van der Waals surface area (Å²) in [5.74, 6) is -0.0564. The number of nitrogens with zero attached hydrogens (tertiary/aromatic N) is 3. The van der Waals surface area contributed by atoms with Crippen LogP contribution in [0.25, 0.3) is 0 Å². The van der Waals surface area contributed by atoms with E-state index in [2.05, 4.69) is 20.2 Å². The Labute approximate surface area is 129 Å². The molecule has 5 nitrogen and oxygen atoms in total. The number of anilines is 1. The number of hydrogen-bond donors (Lipinski definition) is 1. The maximum absolute atomic E-state index is 13.7. The summed E-state index contributed by atoms with van der Waals surface area (Å²) in [5.41, 5.74) is 1.10. The second-order valence-corrected chi connectivity index (χ2v) is 5.17. The molecule has 2 aromatic rings. The lowest BCUT2D eigenvalue weighted by atomic mass is 10.1. The first kappa shape index (κ1) is 14.9. The average molecular weight is 302 g/mol. The molecule has 1 N–H and O–H groups in total. The van der Waals surface area contributed by atoms with Crippen LogP contribution in [0.4, 0.5) is 10.2 Å². The van der Waals surface area contributed by atoms with Gasteiger partial charge >= 0.3 is 0 Å². The molecule has 0 aliphatic carbocycles. The average Bonchev–Trinajstić information content (AvgIpc) is 2.59. The Hall–Kier alpha value is -2.05. The van der Waals surface area contributed by atoms with E-state index in [4.69, 9.17) is 4.74 Å². The molecule has 3 rings (SSSR count). The van der Waals surface area contributed by atoms with Gasteiger partial charge in [-0.1, -0.05) is 6.07 Å². The SMILES string of the molecule is Fc1cccnc1NCC(c1cccnc1)N1CCOCC1. The van der Waals surface area contributed by atoms with Gasteiger partial charge in [0.15, 0.2) is 11.6 Å². The Morgan fingerprint density at radius 3 is 2.77 bits per heavy atom. The minimum Gasteiger partial charge on any atom is -0.379 e. The topological polar surface area (TPSA) is 50.3 Å². The number of aromatic nitrogens is 2. The standard InChI is InChI=1S/C16H19FN4O/c17-14-4-2-6-19-16(14)20-12-15(13-3-1-5-18-11-13)21-7-9-22-10-8-21/h1-6,11,15H,7-10,12H2,(H,19,20). The van der Waals surface area contributed by atoms with E-state index in [0.29, 0.717) is 19.8 Å². The maximum Gasteiger partial charge on any atom is 0.165 e. The number of pyridine rings is 2. The molecule has 1 aliphatic heterocycles. The molecule has 0 spiro atoms. The normalized spacial score (nSPS) is 17.1. The van der Waals surface area contributed by atoms with Gasteiger partial charge in [0, 0.05) is 38.2 Å². The van der Waals surface area contributed by atoms with Crippen LogP contribution >= 0.6 is 0 Å². The van der Waals surface area contributed by atoms with E-state index in [9.17, 15) is 4.39 Å². The van der Waals surface area contributed by atoms with Crippen molar-refractivity contribution in [2.45, 2.75) is 6.04 Å². The summed E-state index contributed by atoms with van der Waals surface area (Å²) in [5, 5.41) is 3.11. The van der Waals surface area contributed by atoms with Crippen LogP contribution in [-0.4, -0.2) is 47.7 Å². The molecule has 1 unspecified atom stereocenters. The number of morpholine rings is 1. The quantitative estimate of drug-likeness (QED) is 0.916. The first-order valence-electron chi connectivity index (χ1n) is 7.41. The van der Waals surface area contributed by atoms with E-state index >= 15 is 0 Å². The molecular formula is C16H19FN4O. The lowest BCUT2D eigenvalue weighted by Crippen LogP contribution is -2.41. The van der Waals surface area contributed by atoms with Crippen LogP contribution in [-0.2, 0) is 4.74 Å². The van der Waals surface area contributed by atoms with Crippen LogP contribution in [0.3, 0.4) is 0 Å². The third-order valence-corrected chi connectivity index (χ3v) is 3.78. The zero-order valence-electron chi connectivity index (χ0n) is 12.3. The van der Waals surface area contributed by atoms with E-state index in [1.54, 1.807) is 18.5 Å². The second-order valence-electron chi connectivity index (χ2n) is 5.17. The number of hydrogen-bond acceptors (Lipinski definition) is 5. The molecular weight excluding hydrogens is 283 g/mol. The van der Waals surface area contributed by atoms with Crippen molar-refractivity contribution in [2.24, 2.45) is 0 Å². The van der Waals surface area contributed by atoms with Gasteiger partial charge in [-0.25, -0.2) is 9.37 Å². The molecule has 0 bridgehead atoms. The van der Waals surface area contributed by atoms with E-state index in [1.807, 2.05) is 18.3 Å². The second kappa shape index (κ2) is 7.29. The molecule has 1 saturated heterocycles. The van der Waals surface area contributed by atoms with Crippen molar-refractivity contribution in [1.29, 1.82) is 0 Å². The van der Waals surface area contributed by atoms with Crippen LogP contribution in [0, 0.1) is 5.82 Å². The highest BCUT2D eigenvalue weighted by Gasteiger charge is 2.23. The lowest BCUT2D eigenvalue weighted by molar-refractivity contribution is 0.0186. The molecule has 116 valence electrons. The molecule has 2 aromatic heterocycles. The van der Waals surface area contributed by atoms with Crippen molar-refractivity contribution in [3.8, 4) is 0 Å². The summed E-state index contributed by atoms with van der Waals surface area (Å²) in [7, 11) is 0. The van der Waals surface area contributed by atoms with E-state index in [1.165, 1.54) is 6.07 Å². The molecule has 0 radical (unpaired) electrons. The van der Waals surface area contributed by atoms with Crippen LogP contribution in [0.2, 0.25) is 0 Å².